The summed E-state index contributed by atoms with van der Waals surface area (Å²) in [4.78, 5) is 12.4. The summed E-state index contributed by atoms with van der Waals surface area (Å²) in [5.74, 6) is 1.33. The number of rotatable bonds is 36. The first-order chi connectivity index (χ1) is 23.2. The molecular formula is C42H82N2O4. The Labute approximate surface area is 298 Å². The number of β-amino-alcohol motifs (C(OH)–C–C–N with tert-alkyl or cyclic N) is 1. The number of carbonyl (C=O) groups excluding carboxylic acids is 1. The van der Waals surface area contributed by atoms with Gasteiger partial charge in [-0.1, -0.05) is 167 Å². The lowest BCUT2D eigenvalue weighted by atomic mass is 10.0. The molecule has 0 saturated heterocycles. The molecule has 6 nitrogen and oxygen atoms in total. The van der Waals surface area contributed by atoms with E-state index in [9.17, 15) is 9.90 Å². The molecule has 0 radical (unpaired) electrons. The zero-order chi connectivity index (χ0) is 33.9. The number of aliphatic hydroxyl groups is 1. The van der Waals surface area contributed by atoms with Crippen LogP contribution in [-0.4, -0.2) is 59.8 Å². The summed E-state index contributed by atoms with van der Waals surface area (Å²) in [7, 11) is 0. The molecule has 1 heterocycles. The van der Waals surface area contributed by atoms with Gasteiger partial charge < -0.3 is 15.3 Å². The minimum Gasteiger partial charge on any atom is -0.870 e. The van der Waals surface area contributed by atoms with Crippen molar-refractivity contribution in [1.82, 2.24) is 5.32 Å². The fourth-order valence-corrected chi connectivity index (χ4v) is 6.94. The highest BCUT2D eigenvalue weighted by Crippen LogP contribution is 2.18. The molecule has 6 heteroatoms. The van der Waals surface area contributed by atoms with Crippen LogP contribution in [0.3, 0.4) is 0 Å². The molecule has 0 spiro atoms. The molecule has 0 aromatic heterocycles. The van der Waals surface area contributed by atoms with Gasteiger partial charge in [-0.3, -0.25) is 14.7 Å². The molecule has 1 aliphatic rings. The molecule has 0 saturated carbocycles. The van der Waals surface area contributed by atoms with E-state index in [0.29, 0.717) is 13.0 Å². The highest BCUT2D eigenvalue weighted by atomic mass is 16.5. The molecular weight excluding hydrogens is 596 g/mol. The normalized spacial score (nSPS) is 13.2. The summed E-state index contributed by atoms with van der Waals surface area (Å²) < 4.78 is 7.98. The van der Waals surface area contributed by atoms with Gasteiger partial charge in [-0.2, -0.15) is 0 Å². The Morgan fingerprint density at radius 3 is 1.69 bits per heavy atom. The largest absolute Gasteiger partial charge is 0.870 e. The Hall–Kier alpha value is -1.40. The Morgan fingerprint density at radius 1 is 0.667 bits per heavy atom. The van der Waals surface area contributed by atoms with Crippen LogP contribution in [0.4, 0.5) is 0 Å². The second kappa shape index (κ2) is 36.9. The van der Waals surface area contributed by atoms with E-state index in [1.165, 1.54) is 172 Å². The molecule has 0 fully saturated rings. The lowest BCUT2D eigenvalue weighted by Crippen LogP contribution is -2.24. The van der Waals surface area contributed by atoms with Crippen molar-refractivity contribution in [2.45, 2.75) is 213 Å². The van der Waals surface area contributed by atoms with Gasteiger partial charge in [-0.15, -0.1) is 0 Å². The molecule has 0 amide bonds. The van der Waals surface area contributed by atoms with Gasteiger partial charge in [-0.05, 0) is 38.5 Å². The van der Waals surface area contributed by atoms with Gasteiger partial charge in [0.05, 0.1) is 13.2 Å². The van der Waals surface area contributed by atoms with Crippen LogP contribution >= 0.6 is 0 Å². The van der Waals surface area contributed by atoms with Crippen LogP contribution in [0.5, 0.6) is 0 Å². The fraction of sp³-hybridized carbons (Fsp3) is 0.905. The second-order valence-corrected chi connectivity index (χ2v) is 14.4. The van der Waals surface area contributed by atoms with E-state index in [1.54, 1.807) is 0 Å². The third-order valence-electron chi connectivity index (χ3n) is 10.0. The maximum absolute atomic E-state index is 12.4. The van der Waals surface area contributed by atoms with Crippen LogP contribution in [0.1, 0.15) is 213 Å². The predicted molar refractivity (Wildman–Crippen MR) is 206 cm³/mol. The third-order valence-corrected chi connectivity index (χ3v) is 10.0. The standard InChI is InChI=1S/C42H80N2O3.H2O/c1-3-5-7-9-11-12-13-14-15-16-17-18-19-25-29-33-42(46)47-39-34-40(30-26-22-10-8-6-4-2)31-27-23-20-21-24-28-32-41-43-35-36-44(41)37-38-45;/h31,45H,3-30,32-39H2,1-2H3;1H2/b40-31-;. The van der Waals surface area contributed by atoms with Crippen LogP contribution in [0.2, 0.25) is 0 Å². The summed E-state index contributed by atoms with van der Waals surface area (Å²) in [6.07, 6.45) is 41.9. The Balaban J connectivity index is 0.0000221. The van der Waals surface area contributed by atoms with Gasteiger partial charge >= 0.3 is 5.97 Å². The minimum atomic E-state index is 0. The van der Waals surface area contributed by atoms with Crippen molar-refractivity contribution in [2.24, 2.45) is 0 Å². The monoisotopic (exact) mass is 679 g/mol. The molecule has 284 valence electrons. The molecule has 0 bridgehead atoms. The average Bonchev–Trinajstić information content (AvgIpc) is 3.52. The van der Waals surface area contributed by atoms with Gasteiger partial charge in [0.25, 0.3) is 0 Å². The number of aliphatic hydroxyl groups excluding tert-OH is 1. The van der Waals surface area contributed by atoms with Crippen molar-refractivity contribution < 1.29 is 24.7 Å². The molecule has 0 unspecified atom stereocenters. The molecule has 0 aliphatic carbocycles. The quantitative estimate of drug-likeness (QED) is 0.0298. The molecule has 0 aromatic rings. The van der Waals surface area contributed by atoms with Crippen molar-refractivity contribution in [1.29, 1.82) is 0 Å². The van der Waals surface area contributed by atoms with E-state index in [-0.39, 0.29) is 18.1 Å². The van der Waals surface area contributed by atoms with Crippen LogP contribution < -0.4 is 5.32 Å². The van der Waals surface area contributed by atoms with Crippen molar-refractivity contribution in [2.75, 3.05) is 32.8 Å². The second-order valence-electron chi connectivity index (χ2n) is 14.4. The first-order valence-corrected chi connectivity index (χ1v) is 21.0. The third kappa shape index (κ3) is 29.5. The molecule has 0 aromatic carbocycles. The SMILES string of the molecule is CCCCCCCCCCCCCCCCCC(=O)OCC/C(=C\CCCCCCCC1=[N+](CCO)CCN1)CCCCCCCC.[OH-]. The Bertz CT molecular complexity index is 767. The molecule has 1 rings (SSSR count). The fourth-order valence-electron chi connectivity index (χ4n) is 6.94. The highest BCUT2D eigenvalue weighted by molar-refractivity contribution is 5.78. The van der Waals surface area contributed by atoms with Crippen molar-refractivity contribution in [3.8, 4) is 0 Å². The molecule has 3 N–H and O–H groups in total. The lowest BCUT2D eigenvalue weighted by Gasteiger charge is -2.10. The predicted octanol–water partition coefficient (Wildman–Crippen LogP) is 11.4. The zero-order valence-electron chi connectivity index (χ0n) is 32.2. The van der Waals surface area contributed by atoms with Gasteiger partial charge in [-0.25, -0.2) is 0 Å². The molecule has 1 aliphatic heterocycles. The van der Waals surface area contributed by atoms with Gasteiger partial charge in [0.2, 0.25) is 5.84 Å². The number of esters is 1. The van der Waals surface area contributed by atoms with E-state index in [0.717, 1.165) is 51.7 Å². The lowest BCUT2D eigenvalue weighted by molar-refractivity contribution is -0.521. The Kier molecular flexibility index (Phi) is 35.8. The number of hydrogen-bond acceptors (Lipinski definition) is 5. The van der Waals surface area contributed by atoms with E-state index >= 15 is 0 Å². The zero-order valence-corrected chi connectivity index (χ0v) is 32.2. The number of allylic oxidation sites excluding steroid dienone is 1. The summed E-state index contributed by atoms with van der Waals surface area (Å²) in [5, 5.41) is 12.7. The number of nitrogens with zero attached hydrogens (tertiary/aromatic N) is 1. The Morgan fingerprint density at radius 2 is 1.15 bits per heavy atom. The van der Waals surface area contributed by atoms with Gasteiger partial charge in [0.1, 0.15) is 19.6 Å². The number of ether oxygens (including phenoxy) is 1. The van der Waals surface area contributed by atoms with E-state index < -0.39 is 0 Å². The van der Waals surface area contributed by atoms with Crippen molar-refractivity contribution in [3.63, 3.8) is 0 Å². The average molecular weight is 679 g/mol. The maximum atomic E-state index is 12.4. The molecule has 0 atom stereocenters. The van der Waals surface area contributed by atoms with E-state index in [1.807, 2.05) is 0 Å². The van der Waals surface area contributed by atoms with Crippen LogP contribution in [0.15, 0.2) is 11.6 Å². The van der Waals surface area contributed by atoms with Crippen LogP contribution in [0.25, 0.3) is 0 Å². The number of hydrogen-bond donors (Lipinski definition) is 2. The first kappa shape index (κ1) is 46.6. The first-order valence-electron chi connectivity index (χ1n) is 21.0. The minimum absolute atomic E-state index is 0. The summed E-state index contributed by atoms with van der Waals surface area (Å²) in [5.41, 5.74) is 1.51. The highest BCUT2D eigenvalue weighted by Gasteiger charge is 2.19. The van der Waals surface area contributed by atoms with Gasteiger partial charge in [0.15, 0.2) is 0 Å². The summed E-state index contributed by atoms with van der Waals surface area (Å²) in [6.45, 7) is 8.16. The number of unbranched alkanes of at least 4 members (excludes halogenated alkanes) is 24. The number of carbonyl (C=O) groups is 1. The topological polar surface area (TPSA) is 91.6 Å². The van der Waals surface area contributed by atoms with E-state index in [4.69, 9.17) is 4.74 Å². The van der Waals surface area contributed by atoms with Crippen molar-refractivity contribution >= 4 is 11.8 Å². The number of amidine groups is 1. The van der Waals surface area contributed by atoms with Crippen molar-refractivity contribution in [3.05, 3.63) is 11.6 Å². The summed E-state index contributed by atoms with van der Waals surface area (Å²) >= 11 is 0. The number of nitrogens with one attached hydrogen (secondary N) is 1. The van der Waals surface area contributed by atoms with Crippen LogP contribution in [-0.2, 0) is 9.53 Å². The van der Waals surface area contributed by atoms with Gasteiger partial charge in [0, 0.05) is 19.3 Å². The maximum Gasteiger partial charge on any atom is 0.305 e. The van der Waals surface area contributed by atoms with Crippen LogP contribution in [0, 0.1) is 0 Å². The van der Waals surface area contributed by atoms with E-state index in [2.05, 4.69) is 29.8 Å². The smallest absolute Gasteiger partial charge is 0.305 e. The summed E-state index contributed by atoms with van der Waals surface area (Å²) in [6, 6.07) is 0. The molecule has 48 heavy (non-hydrogen) atoms.